The number of likely N-dealkylation sites (tertiary alicyclic amines) is 2. The van der Waals surface area contributed by atoms with Gasteiger partial charge in [0.05, 0.1) is 6.61 Å². The Bertz CT molecular complexity index is 794. The van der Waals surface area contributed by atoms with Gasteiger partial charge in [0.2, 0.25) is 5.95 Å². The van der Waals surface area contributed by atoms with Gasteiger partial charge in [-0.2, -0.15) is 0 Å². The van der Waals surface area contributed by atoms with Gasteiger partial charge in [-0.15, -0.1) is 0 Å². The van der Waals surface area contributed by atoms with E-state index in [4.69, 9.17) is 0 Å². The normalized spacial score (nSPS) is 28.2. The van der Waals surface area contributed by atoms with Gasteiger partial charge in [0.25, 0.3) is 0 Å². The second-order valence-corrected chi connectivity index (χ2v) is 9.89. The summed E-state index contributed by atoms with van der Waals surface area (Å²) >= 11 is 1.58. The molecule has 156 valence electrons. The molecule has 0 spiro atoms. The van der Waals surface area contributed by atoms with Crippen molar-refractivity contribution in [3.8, 4) is 0 Å². The number of hydrogen-bond donors (Lipinski definition) is 1. The maximum Gasteiger partial charge on any atom is 0.225 e. The largest absolute Gasteiger partial charge is 0.396 e. The molecule has 0 aromatic carbocycles. The zero-order valence-electron chi connectivity index (χ0n) is 16.9. The van der Waals surface area contributed by atoms with Crippen LogP contribution in [-0.2, 0) is 13.1 Å². The fraction of sp³-hybridized carbons (Fsp3) is 0.667. The molecule has 1 N–H and O–H groups in total. The average molecular weight is 415 g/mol. The molecule has 5 rings (SSSR count). The molecular weight excluding hydrogens is 384 g/mol. The van der Waals surface area contributed by atoms with E-state index in [1.807, 2.05) is 18.6 Å². The number of hydrogen-bond acceptors (Lipinski definition) is 8. The van der Waals surface area contributed by atoms with Crippen molar-refractivity contribution in [3.05, 3.63) is 35.1 Å². The quantitative estimate of drug-likeness (QED) is 0.774. The third-order valence-corrected chi connectivity index (χ3v) is 7.55. The molecule has 3 fully saturated rings. The van der Waals surface area contributed by atoms with E-state index < -0.39 is 0 Å². The van der Waals surface area contributed by atoms with Crippen molar-refractivity contribution in [1.82, 2.24) is 24.1 Å². The molecule has 0 amide bonds. The maximum absolute atomic E-state index is 10.2. The molecule has 0 bridgehead atoms. The van der Waals surface area contributed by atoms with Gasteiger partial charge >= 0.3 is 0 Å². The summed E-state index contributed by atoms with van der Waals surface area (Å²) in [6.45, 7) is 8.23. The third-order valence-electron chi connectivity index (χ3n) is 6.82. The Balaban J connectivity index is 1.19. The lowest BCUT2D eigenvalue weighted by molar-refractivity contribution is 0.110. The van der Waals surface area contributed by atoms with Crippen LogP contribution in [0.15, 0.2) is 24.7 Å². The molecule has 3 saturated heterocycles. The van der Waals surface area contributed by atoms with Crippen LogP contribution < -0.4 is 4.90 Å². The Morgan fingerprint density at radius 1 is 1.03 bits per heavy atom. The first-order chi connectivity index (χ1) is 14.2. The Hall–Kier alpha value is -1.61. The molecule has 0 saturated carbocycles. The van der Waals surface area contributed by atoms with E-state index in [2.05, 4.69) is 35.1 Å². The van der Waals surface area contributed by atoms with Crippen molar-refractivity contribution in [1.29, 1.82) is 0 Å². The number of anilines is 1. The summed E-state index contributed by atoms with van der Waals surface area (Å²) in [4.78, 5) is 17.8. The summed E-state index contributed by atoms with van der Waals surface area (Å²) in [5.41, 5.74) is 1.17. The molecular formula is C21H30N6OS. The second kappa shape index (κ2) is 8.26. The molecule has 5 heterocycles. The summed E-state index contributed by atoms with van der Waals surface area (Å²) < 4.78 is 4.21. The van der Waals surface area contributed by atoms with Gasteiger partial charge in [-0.1, -0.05) is 0 Å². The van der Waals surface area contributed by atoms with E-state index in [-0.39, 0.29) is 12.0 Å². The lowest BCUT2D eigenvalue weighted by Crippen LogP contribution is -2.36. The van der Waals surface area contributed by atoms with Crippen LogP contribution in [0.2, 0.25) is 0 Å². The zero-order chi connectivity index (χ0) is 19.7. The second-order valence-electron chi connectivity index (χ2n) is 8.97. The van der Waals surface area contributed by atoms with Gasteiger partial charge in [-0.3, -0.25) is 9.80 Å². The van der Waals surface area contributed by atoms with Crippen molar-refractivity contribution in [3.63, 3.8) is 0 Å². The number of fused-ring (bicyclic) bond motifs is 1. The molecule has 2 aromatic rings. The van der Waals surface area contributed by atoms with Gasteiger partial charge in [0, 0.05) is 86.8 Å². The fourth-order valence-electron chi connectivity index (χ4n) is 5.36. The summed E-state index contributed by atoms with van der Waals surface area (Å²) in [5.74, 6) is 1.39. The van der Waals surface area contributed by atoms with Crippen LogP contribution in [-0.4, -0.2) is 75.1 Å². The van der Waals surface area contributed by atoms with Crippen LogP contribution in [0.4, 0.5) is 5.95 Å². The lowest BCUT2D eigenvalue weighted by atomic mass is 9.82. The highest BCUT2D eigenvalue weighted by molar-refractivity contribution is 7.05. The molecule has 0 aliphatic carbocycles. The molecule has 3 aliphatic heterocycles. The summed E-state index contributed by atoms with van der Waals surface area (Å²) in [7, 11) is 0. The van der Waals surface area contributed by atoms with Crippen molar-refractivity contribution in [2.45, 2.75) is 32.4 Å². The van der Waals surface area contributed by atoms with Crippen molar-refractivity contribution < 1.29 is 5.11 Å². The van der Waals surface area contributed by atoms with Gasteiger partial charge in [0.15, 0.2) is 0 Å². The van der Waals surface area contributed by atoms with Gasteiger partial charge in [-0.25, -0.2) is 14.3 Å². The first-order valence-corrected chi connectivity index (χ1v) is 11.5. The van der Waals surface area contributed by atoms with Crippen molar-refractivity contribution in [2.24, 2.45) is 11.3 Å². The van der Waals surface area contributed by atoms with Crippen LogP contribution in [0.1, 0.15) is 29.7 Å². The minimum Gasteiger partial charge on any atom is -0.396 e. The van der Waals surface area contributed by atoms with Crippen LogP contribution in [0.25, 0.3) is 0 Å². The van der Waals surface area contributed by atoms with E-state index >= 15 is 0 Å². The van der Waals surface area contributed by atoms with Crippen LogP contribution in [0, 0.1) is 11.3 Å². The number of piperidine rings is 1. The molecule has 29 heavy (non-hydrogen) atoms. The minimum absolute atomic E-state index is 0.000707. The molecule has 3 aliphatic rings. The monoisotopic (exact) mass is 414 g/mol. The number of aromatic nitrogens is 3. The van der Waals surface area contributed by atoms with Crippen molar-refractivity contribution in [2.75, 3.05) is 50.8 Å². The van der Waals surface area contributed by atoms with E-state index in [1.165, 1.54) is 29.7 Å². The van der Waals surface area contributed by atoms with Crippen LogP contribution in [0.3, 0.4) is 0 Å². The number of aliphatic hydroxyl groups is 1. The third kappa shape index (κ3) is 4.03. The van der Waals surface area contributed by atoms with Gasteiger partial charge in [0.1, 0.15) is 0 Å². The van der Waals surface area contributed by atoms with Crippen LogP contribution >= 0.6 is 11.5 Å². The summed E-state index contributed by atoms with van der Waals surface area (Å²) in [6, 6.07) is 2.10. The predicted octanol–water partition coefficient (Wildman–Crippen LogP) is 1.85. The Labute approximate surface area is 176 Å². The smallest absolute Gasteiger partial charge is 0.225 e. The molecule has 7 nitrogen and oxygen atoms in total. The molecule has 0 radical (unpaired) electrons. The number of aliphatic hydroxyl groups excluding tert-OH is 1. The topological polar surface area (TPSA) is 68.6 Å². The van der Waals surface area contributed by atoms with E-state index in [9.17, 15) is 5.11 Å². The first-order valence-electron chi connectivity index (χ1n) is 10.8. The highest BCUT2D eigenvalue weighted by Gasteiger charge is 2.51. The average Bonchev–Trinajstić information content (AvgIpc) is 3.45. The Morgan fingerprint density at radius 2 is 1.76 bits per heavy atom. The Morgan fingerprint density at radius 3 is 2.38 bits per heavy atom. The fourth-order valence-corrected chi connectivity index (χ4v) is 5.97. The minimum atomic E-state index is -0.000707. The Kier molecular flexibility index (Phi) is 5.51. The summed E-state index contributed by atoms with van der Waals surface area (Å²) in [5, 5.41) is 10.2. The van der Waals surface area contributed by atoms with Crippen molar-refractivity contribution >= 4 is 17.5 Å². The molecule has 2 unspecified atom stereocenters. The summed E-state index contributed by atoms with van der Waals surface area (Å²) in [6.07, 6.45) is 9.66. The zero-order valence-corrected chi connectivity index (χ0v) is 17.7. The van der Waals surface area contributed by atoms with E-state index in [1.54, 1.807) is 11.5 Å². The molecule has 2 aromatic heterocycles. The predicted molar refractivity (Wildman–Crippen MR) is 114 cm³/mol. The highest BCUT2D eigenvalue weighted by Crippen LogP contribution is 2.43. The van der Waals surface area contributed by atoms with Gasteiger partial charge < -0.3 is 10.0 Å². The lowest BCUT2D eigenvalue weighted by Gasteiger charge is -2.28. The first kappa shape index (κ1) is 19.4. The standard InChI is InChI=1S/C21H30N6OS/c28-16-21-14-25(11-18(21)12-26(15-21)13-19-4-5-24-29-19)10-17-8-22-20(23-9-17)27-6-2-1-3-7-27/h4-5,8-9,18,28H,1-3,6-7,10-16H2. The SMILES string of the molecule is OCC12CN(Cc3cnc(N4CCCCC4)nc3)CC1CN(Cc1ccns1)C2. The van der Waals surface area contributed by atoms with E-state index in [0.29, 0.717) is 5.92 Å². The number of rotatable bonds is 6. The van der Waals surface area contributed by atoms with E-state index in [0.717, 1.165) is 58.3 Å². The van der Waals surface area contributed by atoms with Crippen LogP contribution in [0.5, 0.6) is 0 Å². The highest BCUT2D eigenvalue weighted by atomic mass is 32.1. The van der Waals surface area contributed by atoms with Gasteiger partial charge in [-0.05, 0) is 42.8 Å². The maximum atomic E-state index is 10.2. The number of nitrogens with zero attached hydrogens (tertiary/aromatic N) is 6. The molecule has 8 heteroatoms. The molecule has 2 atom stereocenters.